The van der Waals surface area contributed by atoms with Gasteiger partial charge in [-0.1, -0.05) is 31.4 Å². The molecule has 4 heteroatoms. The highest BCUT2D eigenvalue weighted by atomic mass is 16.3. The van der Waals surface area contributed by atoms with Crippen LogP contribution in [-0.2, 0) is 6.54 Å². The van der Waals surface area contributed by atoms with Gasteiger partial charge in [0.15, 0.2) is 0 Å². The minimum atomic E-state index is 0.295. The second-order valence-electron chi connectivity index (χ2n) is 7.96. The van der Waals surface area contributed by atoms with Crippen molar-refractivity contribution < 1.29 is 5.11 Å². The minimum Gasteiger partial charge on any atom is -0.396 e. The number of piperazine rings is 1. The number of benzene rings is 1. The van der Waals surface area contributed by atoms with Gasteiger partial charge in [0.1, 0.15) is 0 Å². The number of fused-ring (bicyclic) bond motifs is 1. The van der Waals surface area contributed by atoms with Crippen molar-refractivity contribution in [1.29, 1.82) is 0 Å². The molecule has 1 aliphatic heterocycles. The lowest BCUT2D eigenvalue weighted by molar-refractivity contribution is 0.0137. The Morgan fingerprint density at radius 3 is 2.81 bits per heavy atom. The first-order valence-electron chi connectivity index (χ1n) is 10.3. The van der Waals surface area contributed by atoms with Gasteiger partial charge in [-0.25, -0.2) is 0 Å². The van der Waals surface area contributed by atoms with Gasteiger partial charge in [-0.3, -0.25) is 14.8 Å². The van der Waals surface area contributed by atoms with E-state index in [4.69, 9.17) is 0 Å². The zero-order valence-corrected chi connectivity index (χ0v) is 15.7. The Bertz CT molecular complexity index is 713. The maximum absolute atomic E-state index is 9.58. The highest BCUT2D eigenvalue weighted by Gasteiger charge is 2.32. The molecule has 4 nitrogen and oxygen atoms in total. The Morgan fingerprint density at radius 1 is 1.08 bits per heavy atom. The lowest BCUT2D eigenvalue weighted by atomic mass is 9.91. The zero-order chi connectivity index (χ0) is 17.8. The number of pyridine rings is 1. The third kappa shape index (κ3) is 4.08. The van der Waals surface area contributed by atoms with Crippen molar-refractivity contribution in [2.24, 2.45) is 0 Å². The number of hydrogen-bond donors (Lipinski definition) is 1. The van der Waals surface area contributed by atoms with E-state index >= 15 is 0 Å². The van der Waals surface area contributed by atoms with Crippen LogP contribution in [0.3, 0.4) is 0 Å². The third-order valence-corrected chi connectivity index (χ3v) is 6.19. The standard InChI is InChI=1S/C22H31N3O/c26-14-10-21-17-24(12-13-25(21)20-6-2-1-3-7-20)16-18-8-9-22-19(15-18)5-4-11-23-22/h4-5,8-9,11,15,20-21,26H,1-3,6-7,10,12-14,16-17H2. The van der Waals surface area contributed by atoms with Crippen LogP contribution >= 0.6 is 0 Å². The predicted octanol–water partition coefficient (Wildman–Crippen LogP) is 3.44. The molecular formula is C22H31N3O. The van der Waals surface area contributed by atoms with Crippen molar-refractivity contribution in [3.63, 3.8) is 0 Å². The van der Waals surface area contributed by atoms with Crippen LogP contribution in [0.15, 0.2) is 36.5 Å². The number of aliphatic hydroxyl groups is 1. The molecule has 0 amide bonds. The van der Waals surface area contributed by atoms with E-state index in [2.05, 4.69) is 39.0 Å². The highest BCUT2D eigenvalue weighted by Crippen LogP contribution is 2.27. The topological polar surface area (TPSA) is 39.6 Å². The Morgan fingerprint density at radius 2 is 1.96 bits per heavy atom. The van der Waals surface area contributed by atoms with Crippen LogP contribution in [0.4, 0.5) is 0 Å². The second-order valence-corrected chi connectivity index (χ2v) is 7.96. The van der Waals surface area contributed by atoms with E-state index in [0.717, 1.165) is 44.2 Å². The lowest BCUT2D eigenvalue weighted by Gasteiger charge is -2.46. The van der Waals surface area contributed by atoms with Gasteiger partial charge >= 0.3 is 0 Å². The maximum atomic E-state index is 9.58. The van der Waals surface area contributed by atoms with E-state index in [9.17, 15) is 5.11 Å². The number of aromatic nitrogens is 1. The fourth-order valence-electron chi connectivity index (χ4n) is 4.86. The predicted molar refractivity (Wildman–Crippen MR) is 106 cm³/mol. The van der Waals surface area contributed by atoms with Gasteiger partial charge in [0, 0.05) is 56.5 Å². The zero-order valence-electron chi connectivity index (χ0n) is 15.7. The molecule has 1 saturated carbocycles. The first-order chi connectivity index (χ1) is 12.8. The first-order valence-corrected chi connectivity index (χ1v) is 10.3. The van der Waals surface area contributed by atoms with E-state index in [-0.39, 0.29) is 0 Å². The van der Waals surface area contributed by atoms with Crippen LogP contribution in [-0.4, -0.2) is 58.2 Å². The molecule has 1 saturated heterocycles. The van der Waals surface area contributed by atoms with Crippen molar-refractivity contribution in [1.82, 2.24) is 14.8 Å². The summed E-state index contributed by atoms with van der Waals surface area (Å²) < 4.78 is 0. The van der Waals surface area contributed by atoms with Crippen LogP contribution in [0, 0.1) is 0 Å². The average Bonchev–Trinajstić information content (AvgIpc) is 2.69. The molecule has 2 heterocycles. The SMILES string of the molecule is OCCC1CN(Cc2ccc3ncccc3c2)CCN1C1CCCCC1. The van der Waals surface area contributed by atoms with Crippen LogP contribution in [0.2, 0.25) is 0 Å². The van der Waals surface area contributed by atoms with Gasteiger partial charge in [-0.15, -0.1) is 0 Å². The molecule has 1 N–H and O–H groups in total. The van der Waals surface area contributed by atoms with Crippen molar-refractivity contribution in [3.05, 3.63) is 42.1 Å². The fourth-order valence-corrected chi connectivity index (χ4v) is 4.86. The van der Waals surface area contributed by atoms with Gasteiger partial charge in [0.25, 0.3) is 0 Å². The van der Waals surface area contributed by atoms with Crippen LogP contribution in [0.5, 0.6) is 0 Å². The molecule has 0 radical (unpaired) electrons. The van der Waals surface area contributed by atoms with Crippen LogP contribution in [0.1, 0.15) is 44.1 Å². The number of hydrogen-bond acceptors (Lipinski definition) is 4. The molecule has 1 atom stereocenters. The molecule has 26 heavy (non-hydrogen) atoms. The van der Waals surface area contributed by atoms with Crippen molar-refractivity contribution in [3.8, 4) is 0 Å². The highest BCUT2D eigenvalue weighted by molar-refractivity contribution is 5.78. The quantitative estimate of drug-likeness (QED) is 0.894. The normalized spacial score (nSPS) is 23.5. The van der Waals surface area contributed by atoms with Crippen molar-refractivity contribution >= 4 is 10.9 Å². The minimum absolute atomic E-state index is 0.295. The third-order valence-electron chi connectivity index (χ3n) is 6.19. The Kier molecular flexibility index (Phi) is 5.83. The number of aliphatic hydroxyl groups excluding tert-OH is 1. The monoisotopic (exact) mass is 353 g/mol. The van der Waals surface area contributed by atoms with E-state index in [1.165, 1.54) is 43.1 Å². The molecule has 1 aromatic heterocycles. The molecule has 4 rings (SSSR count). The number of nitrogens with zero attached hydrogens (tertiary/aromatic N) is 3. The average molecular weight is 354 g/mol. The smallest absolute Gasteiger partial charge is 0.0702 e. The summed E-state index contributed by atoms with van der Waals surface area (Å²) in [6.45, 7) is 4.63. The van der Waals surface area contributed by atoms with Gasteiger partial charge in [0.05, 0.1) is 5.52 Å². The lowest BCUT2D eigenvalue weighted by Crippen LogP contribution is -2.56. The summed E-state index contributed by atoms with van der Waals surface area (Å²) in [5.74, 6) is 0. The maximum Gasteiger partial charge on any atom is 0.0702 e. The molecule has 0 spiro atoms. The summed E-state index contributed by atoms with van der Waals surface area (Å²) in [5.41, 5.74) is 2.43. The molecule has 2 fully saturated rings. The van der Waals surface area contributed by atoms with Crippen LogP contribution < -0.4 is 0 Å². The summed E-state index contributed by atoms with van der Waals surface area (Å²) in [7, 11) is 0. The molecule has 1 aromatic carbocycles. The Labute approximate surface area is 156 Å². The van der Waals surface area contributed by atoms with Gasteiger partial charge in [-0.05, 0) is 43.0 Å². The summed E-state index contributed by atoms with van der Waals surface area (Å²) in [6.07, 6.45) is 9.60. The van der Waals surface area contributed by atoms with E-state index in [0.29, 0.717) is 12.6 Å². The van der Waals surface area contributed by atoms with Crippen LogP contribution in [0.25, 0.3) is 10.9 Å². The molecule has 2 aromatic rings. The first kappa shape index (κ1) is 17.9. The summed E-state index contributed by atoms with van der Waals surface area (Å²) in [4.78, 5) is 9.70. The fraction of sp³-hybridized carbons (Fsp3) is 0.591. The second kappa shape index (κ2) is 8.47. The van der Waals surface area contributed by atoms with Gasteiger partial charge in [-0.2, -0.15) is 0 Å². The number of rotatable bonds is 5. The summed E-state index contributed by atoms with van der Waals surface area (Å²) >= 11 is 0. The van der Waals surface area contributed by atoms with E-state index in [1.54, 1.807) is 0 Å². The molecule has 2 aliphatic rings. The summed E-state index contributed by atoms with van der Waals surface area (Å²) in [6, 6.07) is 12.0. The molecule has 1 unspecified atom stereocenters. The van der Waals surface area contributed by atoms with Crippen molar-refractivity contribution in [2.75, 3.05) is 26.2 Å². The van der Waals surface area contributed by atoms with E-state index < -0.39 is 0 Å². The molecule has 1 aliphatic carbocycles. The molecular weight excluding hydrogens is 322 g/mol. The Balaban J connectivity index is 1.42. The van der Waals surface area contributed by atoms with Gasteiger partial charge < -0.3 is 5.11 Å². The molecule has 140 valence electrons. The van der Waals surface area contributed by atoms with Gasteiger partial charge in [0.2, 0.25) is 0 Å². The largest absolute Gasteiger partial charge is 0.396 e. The summed E-state index contributed by atoms with van der Waals surface area (Å²) in [5, 5.41) is 10.8. The van der Waals surface area contributed by atoms with Crippen molar-refractivity contribution in [2.45, 2.75) is 57.2 Å². The Hall–Kier alpha value is -1.49. The van der Waals surface area contributed by atoms with E-state index in [1.807, 2.05) is 12.3 Å². The molecule has 0 bridgehead atoms.